The summed E-state index contributed by atoms with van der Waals surface area (Å²) < 4.78 is 140. The van der Waals surface area contributed by atoms with Crippen LogP contribution in [0.5, 0.6) is 0 Å². The number of rotatable bonds is 5. The van der Waals surface area contributed by atoms with Crippen LogP contribution in [0.4, 0.5) is 43.9 Å². The molecule has 0 amide bonds. The molecule has 0 spiro atoms. The van der Waals surface area contributed by atoms with E-state index in [1.165, 1.54) is 6.92 Å². The highest BCUT2D eigenvalue weighted by Crippen LogP contribution is 2.55. The standard InChI is InChI=1S/C21H11Cl2F10N3O2/c1-2-38-17(37)12-3-9(6-34-16(12)23)10-7-35-36(8-10)15-13(19(25,26)27)4-11(5-14(15)22)18(24,20(28,29)30)21(31,32)33/h3-8H,2H2,1H3. The first-order valence-corrected chi connectivity index (χ1v) is 10.7. The Balaban J connectivity index is 2.20. The van der Waals surface area contributed by atoms with E-state index in [4.69, 9.17) is 27.9 Å². The molecule has 38 heavy (non-hydrogen) atoms. The lowest BCUT2D eigenvalue weighted by Crippen LogP contribution is -2.50. The van der Waals surface area contributed by atoms with Crippen LogP contribution in [0.3, 0.4) is 0 Å². The van der Waals surface area contributed by atoms with Gasteiger partial charge in [-0.05, 0) is 25.1 Å². The number of hydrogen-bond acceptors (Lipinski definition) is 4. The summed E-state index contributed by atoms with van der Waals surface area (Å²) in [5.74, 6) is -0.874. The molecule has 0 aliphatic heterocycles. The molecule has 3 rings (SSSR count). The van der Waals surface area contributed by atoms with E-state index >= 15 is 0 Å². The van der Waals surface area contributed by atoms with E-state index < -0.39 is 58.1 Å². The van der Waals surface area contributed by atoms with Crippen LogP contribution in [-0.4, -0.2) is 39.7 Å². The first kappa shape index (κ1) is 29.5. The minimum atomic E-state index is -6.67. The molecule has 17 heteroatoms. The third-order valence-electron chi connectivity index (χ3n) is 5.03. The lowest BCUT2D eigenvalue weighted by atomic mass is 9.92. The predicted molar refractivity (Wildman–Crippen MR) is 113 cm³/mol. The molecule has 0 atom stereocenters. The molecule has 0 unspecified atom stereocenters. The SMILES string of the molecule is CCOC(=O)c1cc(-c2cnn(-c3c(Cl)cc(C(F)(C(F)(F)F)C(F)(F)F)cc3C(F)(F)F)c2)cnc1Cl. The van der Waals surface area contributed by atoms with Gasteiger partial charge < -0.3 is 4.74 Å². The Hall–Kier alpha value is -3.07. The van der Waals surface area contributed by atoms with Gasteiger partial charge in [-0.3, -0.25) is 0 Å². The summed E-state index contributed by atoms with van der Waals surface area (Å²) in [6.07, 6.45) is -16.0. The lowest BCUT2D eigenvalue weighted by molar-refractivity contribution is -0.348. The maximum Gasteiger partial charge on any atom is 0.435 e. The van der Waals surface area contributed by atoms with Gasteiger partial charge >= 0.3 is 30.2 Å². The van der Waals surface area contributed by atoms with Crippen LogP contribution >= 0.6 is 23.2 Å². The minimum absolute atomic E-state index is 0.0154. The highest BCUT2D eigenvalue weighted by Gasteiger charge is 2.73. The number of carbonyl (C=O) groups is 1. The molecule has 0 N–H and O–H groups in total. The second-order valence-electron chi connectivity index (χ2n) is 7.46. The molecule has 2 aromatic heterocycles. The zero-order chi connectivity index (χ0) is 28.8. The number of esters is 1. The van der Waals surface area contributed by atoms with Crippen LogP contribution in [0.15, 0.2) is 36.8 Å². The summed E-state index contributed by atoms with van der Waals surface area (Å²) in [7, 11) is 0. The second kappa shape index (κ2) is 9.91. The van der Waals surface area contributed by atoms with Crippen LogP contribution in [0.2, 0.25) is 10.2 Å². The monoisotopic (exact) mass is 597 g/mol. The number of hydrogen-bond donors (Lipinski definition) is 0. The number of pyridine rings is 1. The molecular formula is C21H11Cl2F10N3O2. The van der Waals surface area contributed by atoms with Crippen molar-refractivity contribution < 1.29 is 53.4 Å². The fourth-order valence-electron chi connectivity index (χ4n) is 3.29. The average Bonchev–Trinajstić information content (AvgIpc) is 3.26. The molecule has 0 saturated carbocycles. The number of aromatic nitrogens is 3. The molecule has 206 valence electrons. The maximum absolute atomic E-state index is 14.5. The van der Waals surface area contributed by atoms with Crippen LogP contribution in [0.25, 0.3) is 16.8 Å². The predicted octanol–water partition coefficient (Wildman–Crippen LogP) is 7.73. The van der Waals surface area contributed by atoms with Gasteiger partial charge in [-0.25, -0.2) is 18.9 Å². The Morgan fingerprint density at radius 1 is 0.921 bits per heavy atom. The second-order valence-corrected chi connectivity index (χ2v) is 8.23. The number of benzene rings is 1. The summed E-state index contributed by atoms with van der Waals surface area (Å²) in [5, 5.41) is 2.06. The molecule has 0 saturated heterocycles. The number of alkyl halides is 10. The molecule has 0 fully saturated rings. The minimum Gasteiger partial charge on any atom is -0.462 e. The molecule has 0 aliphatic carbocycles. The van der Waals surface area contributed by atoms with Gasteiger partial charge in [0.2, 0.25) is 0 Å². The van der Waals surface area contributed by atoms with E-state index in [2.05, 4.69) is 10.1 Å². The molecule has 0 aliphatic rings. The summed E-state index contributed by atoms with van der Waals surface area (Å²) in [5.41, 5.74) is -12.1. The van der Waals surface area contributed by atoms with Crippen molar-refractivity contribution in [2.45, 2.75) is 31.1 Å². The van der Waals surface area contributed by atoms with Crippen molar-refractivity contribution in [3.05, 3.63) is 63.7 Å². The summed E-state index contributed by atoms with van der Waals surface area (Å²) in [6, 6.07) is 0.317. The van der Waals surface area contributed by atoms with Crippen molar-refractivity contribution in [1.82, 2.24) is 14.8 Å². The van der Waals surface area contributed by atoms with E-state index in [9.17, 15) is 48.7 Å². The van der Waals surface area contributed by atoms with Crippen molar-refractivity contribution >= 4 is 29.2 Å². The van der Waals surface area contributed by atoms with Gasteiger partial charge in [-0.1, -0.05) is 23.2 Å². The summed E-state index contributed by atoms with van der Waals surface area (Å²) >= 11 is 11.6. The summed E-state index contributed by atoms with van der Waals surface area (Å²) in [4.78, 5) is 15.8. The number of halogens is 12. The molecule has 1 aromatic carbocycles. The first-order valence-electron chi connectivity index (χ1n) is 9.94. The zero-order valence-electron chi connectivity index (χ0n) is 18.4. The smallest absolute Gasteiger partial charge is 0.435 e. The Labute approximate surface area is 215 Å². The normalized spacial score (nSPS) is 13.1. The lowest BCUT2D eigenvalue weighted by Gasteiger charge is -2.31. The molecular weight excluding hydrogens is 587 g/mol. The summed E-state index contributed by atoms with van der Waals surface area (Å²) in [6.45, 7) is 1.49. The van der Waals surface area contributed by atoms with Gasteiger partial charge in [0.25, 0.3) is 0 Å². The van der Waals surface area contributed by atoms with Crippen molar-refractivity contribution in [3.8, 4) is 16.8 Å². The average molecular weight is 598 g/mol. The zero-order valence-corrected chi connectivity index (χ0v) is 19.9. The Morgan fingerprint density at radius 2 is 1.53 bits per heavy atom. The molecule has 0 bridgehead atoms. The van der Waals surface area contributed by atoms with Crippen LogP contribution in [0, 0.1) is 0 Å². The molecule has 3 aromatic rings. The van der Waals surface area contributed by atoms with E-state index in [0.717, 1.165) is 24.7 Å². The Morgan fingerprint density at radius 3 is 2.05 bits per heavy atom. The number of ether oxygens (including phenoxy) is 1. The highest BCUT2D eigenvalue weighted by molar-refractivity contribution is 6.33. The fraction of sp³-hybridized carbons (Fsp3) is 0.286. The van der Waals surface area contributed by atoms with Gasteiger partial charge in [0.1, 0.15) is 5.15 Å². The highest BCUT2D eigenvalue weighted by atomic mass is 35.5. The largest absolute Gasteiger partial charge is 0.462 e. The number of nitrogens with zero attached hydrogens (tertiary/aromatic N) is 3. The number of carbonyl (C=O) groups excluding carboxylic acids is 1. The van der Waals surface area contributed by atoms with Crippen LogP contribution in [-0.2, 0) is 16.6 Å². The quantitative estimate of drug-likeness (QED) is 0.172. The van der Waals surface area contributed by atoms with E-state index in [-0.39, 0.29) is 34.5 Å². The Bertz CT molecular complexity index is 1350. The third kappa shape index (κ3) is 5.25. The van der Waals surface area contributed by atoms with E-state index in [1.54, 1.807) is 0 Å². The van der Waals surface area contributed by atoms with Gasteiger partial charge in [0.05, 0.1) is 34.6 Å². The van der Waals surface area contributed by atoms with E-state index in [1.807, 2.05) is 0 Å². The van der Waals surface area contributed by atoms with Crippen LogP contribution < -0.4 is 0 Å². The van der Waals surface area contributed by atoms with Crippen molar-refractivity contribution in [2.24, 2.45) is 0 Å². The van der Waals surface area contributed by atoms with Crippen molar-refractivity contribution in [2.75, 3.05) is 6.61 Å². The maximum atomic E-state index is 14.5. The van der Waals surface area contributed by atoms with Gasteiger partial charge in [0, 0.05) is 29.1 Å². The third-order valence-corrected chi connectivity index (χ3v) is 5.62. The Kier molecular flexibility index (Phi) is 7.69. The van der Waals surface area contributed by atoms with Gasteiger partial charge in [-0.15, -0.1) is 0 Å². The first-order chi connectivity index (χ1) is 17.3. The molecule has 5 nitrogen and oxygen atoms in total. The van der Waals surface area contributed by atoms with Gasteiger partial charge in [0.15, 0.2) is 0 Å². The van der Waals surface area contributed by atoms with Crippen LogP contribution in [0.1, 0.15) is 28.4 Å². The van der Waals surface area contributed by atoms with Gasteiger partial charge in [-0.2, -0.15) is 44.6 Å². The fourth-order valence-corrected chi connectivity index (χ4v) is 3.77. The van der Waals surface area contributed by atoms with E-state index in [0.29, 0.717) is 4.68 Å². The molecule has 0 radical (unpaired) electrons. The van der Waals surface area contributed by atoms with Crippen molar-refractivity contribution in [3.63, 3.8) is 0 Å². The molecule has 2 heterocycles. The topological polar surface area (TPSA) is 57.0 Å². The van der Waals surface area contributed by atoms with Crippen molar-refractivity contribution in [1.29, 1.82) is 0 Å².